The zero-order valence-electron chi connectivity index (χ0n) is 12.0. The van der Waals surface area contributed by atoms with Gasteiger partial charge in [-0.1, -0.05) is 0 Å². The molecule has 1 aromatic carbocycles. The minimum absolute atomic E-state index is 0.732. The van der Waals surface area contributed by atoms with E-state index >= 15 is 0 Å². The van der Waals surface area contributed by atoms with Crippen LogP contribution >= 0.6 is 11.3 Å². The van der Waals surface area contributed by atoms with Gasteiger partial charge in [0.15, 0.2) is 0 Å². The number of nitrogens with one attached hydrogen (secondary N) is 1. The molecule has 0 amide bonds. The van der Waals surface area contributed by atoms with Crippen LogP contribution in [0.15, 0.2) is 29.9 Å². The Morgan fingerprint density at radius 3 is 2.76 bits per heavy atom. The fourth-order valence-electron chi connectivity index (χ4n) is 2.15. The summed E-state index contributed by atoms with van der Waals surface area (Å²) in [6.45, 7) is 2.05. The molecule has 0 saturated heterocycles. The van der Waals surface area contributed by atoms with E-state index in [-0.39, 0.29) is 0 Å². The van der Waals surface area contributed by atoms with Crippen LogP contribution in [0.5, 0.6) is 11.5 Å². The molecule has 108 valence electrons. The van der Waals surface area contributed by atoms with Crippen molar-refractivity contribution in [3.8, 4) is 11.5 Å². The molecule has 2 aromatic heterocycles. The summed E-state index contributed by atoms with van der Waals surface area (Å²) in [5, 5.41) is 6.43. The van der Waals surface area contributed by atoms with E-state index in [2.05, 4.69) is 27.6 Å². The van der Waals surface area contributed by atoms with Crippen LogP contribution in [0.3, 0.4) is 0 Å². The van der Waals surface area contributed by atoms with Crippen molar-refractivity contribution in [2.24, 2.45) is 0 Å². The molecule has 0 atom stereocenters. The Balaban J connectivity index is 2.08. The van der Waals surface area contributed by atoms with Crippen molar-refractivity contribution in [1.29, 1.82) is 0 Å². The van der Waals surface area contributed by atoms with Crippen LogP contribution in [-0.4, -0.2) is 24.2 Å². The van der Waals surface area contributed by atoms with Crippen LogP contribution in [0.1, 0.15) is 5.56 Å². The number of ether oxygens (including phenoxy) is 2. The maximum Gasteiger partial charge on any atom is 0.142 e. The molecule has 3 aromatic rings. The number of aryl methyl sites for hydroxylation is 1. The number of methoxy groups -OCH3 is 2. The second-order valence-corrected chi connectivity index (χ2v) is 5.37. The van der Waals surface area contributed by atoms with Crippen molar-refractivity contribution in [3.63, 3.8) is 0 Å². The van der Waals surface area contributed by atoms with Crippen LogP contribution in [0.25, 0.3) is 10.2 Å². The molecule has 2 heterocycles. The summed E-state index contributed by atoms with van der Waals surface area (Å²) in [6.07, 6.45) is 1.56. The highest BCUT2D eigenvalue weighted by Gasteiger charge is 2.11. The predicted molar refractivity (Wildman–Crippen MR) is 85.0 cm³/mol. The first-order valence-electron chi connectivity index (χ1n) is 6.40. The van der Waals surface area contributed by atoms with Gasteiger partial charge >= 0.3 is 0 Å². The monoisotopic (exact) mass is 301 g/mol. The third kappa shape index (κ3) is 2.50. The molecule has 0 bridgehead atoms. The molecule has 5 nitrogen and oxygen atoms in total. The summed E-state index contributed by atoms with van der Waals surface area (Å²) >= 11 is 1.61. The minimum Gasteiger partial charge on any atom is -0.497 e. The number of nitrogens with zero attached hydrogens (tertiary/aromatic N) is 2. The van der Waals surface area contributed by atoms with E-state index in [0.29, 0.717) is 0 Å². The second-order valence-electron chi connectivity index (χ2n) is 4.51. The second kappa shape index (κ2) is 5.57. The van der Waals surface area contributed by atoms with Gasteiger partial charge in [0, 0.05) is 6.07 Å². The molecular weight excluding hydrogens is 286 g/mol. The summed E-state index contributed by atoms with van der Waals surface area (Å²) < 4.78 is 10.6. The number of hydrogen-bond acceptors (Lipinski definition) is 6. The molecule has 0 radical (unpaired) electrons. The first-order valence-corrected chi connectivity index (χ1v) is 7.28. The van der Waals surface area contributed by atoms with E-state index in [9.17, 15) is 0 Å². The largest absolute Gasteiger partial charge is 0.497 e. The molecule has 0 saturated carbocycles. The van der Waals surface area contributed by atoms with Gasteiger partial charge in [-0.3, -0.25) is 0 Å². The van der Waals surface area contributed by atoms with E-state index in [0.717, 1.165) is 38.8 Å². The topological polar surface area (TPSA) is 56.3 Å². The lowest BCUT2D eigenvalue weighted by molar-refractivity contribution is 0.405. The Morgan fingerprint density at radius 2 is 2.00 bits per heavy atom. The molecule has 21 heavy (non-hydrogen) atoms. The number of thiophene rings is 1. The van der Waals surface area contributed by atoms with Crippen molar-refractivity contribution >= 4 is 33.1 Å². The maximum atomic E-state index is 5.38. The Bertz CT molecular complexity index is 786. The van der Waals surface area contributed by atoms with Gasteiger partial charge in [0.2, 0.25) is 0 Å². The van der Waals surface area contributed by atoms with E-state index in [4.69, 9.17) is 9.47 Å². The number of aromatic nitrogens is 2. The molecule has 0 spiro atoms. The lowest BCUT2D eigenvalue weighted by atomic mass is 10.2. The van der Waals surface area contributed by atoms with E-state index in [1.165, 1.54) is 0 Å². The SMILES string of the molecule is COc1ccc(OC)c(Nc2ncnc3scc(C)c23)c1. The quantitative estimate of drug-likeness (QED) is 0.795. The zero-order valence-corrected chi connectivity index (χ0v) is 12.8. The van der Waals surface area contributed by atoms with Gasteiger partial charge in [-0.25, -0.2) is 9.97 Å². The molecular formula is C15H15N3O2S. The summed E-state index contributed by atoms with van der Waals surface area (Å²) in [7, 11) is 3.27. The molecule has 0 aliphatic heterocycles. The van der Waals surface area contributed by atoms with E-state index < -0.39 is 0 Å². The third-order valence-corrected chi connectivity index (χ3v) is 4.22. The van der Waals surface area contributed by atoms with Crippen LogP contribution in [0.2, 0.25) is 0 Å². The highest BCUT2D eigenvalue weighted by atomic mass is 32.1. The van der Waals surface area contributed by atoms with Crippen molar-refractivity contribution in [2.75, 3.05) is 19.5 Å². The lowest BCUT2D eigenvalue weighted by Gasteiger charge is -2.12. The Labute approximate surface area is 126 Å². The summed E-state index contributed by atoms with van der Waals surface area (Å²) in [4.78, 5) is 9.61. The fourth-order valence-corrected chi connectivity index (χ4v) is 3.04. The van der Waals surface area contributed by atoms with E-state index in [1.54, 1.807) is 31.9 Å². The van der Waals surface area contributed by atoms with Crippen LogP contribution in [-0.2, 0) is 0 Å². The highest BCUT2D eigenvalue weighted by molar-refractivity contribution is 7.17. The number of rotatable bonds is 4. The van der Waals surface area contributed by atoms with Gasteiger partial charge in [-0.2, -0.15) is 0 Å². The summed E-state index contributed by atoms with van der Waals surface area (Å²) in [6, 6.07) is 5.60. The van der Waals surface area contributed by atoms with Gasteiger partial charge < -0.3 is 14.8 Å². The molecule has 0 aliphatic carbocycles. The number of hydrogen-bond donors (Lipinski definition) is 1. The fraction of sp³-hybridized carbons (Fsp3) is 0.200. The van der Waals surface area contributed by atoms with Crippen molar-refractivity contribution in [2.45, 2.75) is 6.92 Å². The highest BCUT2D eigenvalue weighted by Crippen LogP contribution is 2.35. The third-order valence-electron chi connectivity index (χ3n) is 3.21. The van der Waals surface area contributed by atoms with Crippen molar-refractivity contribution in [1.82, 2.24) is 9.97 Å². The summed E-state index contributed by atoms with van der Waals surface area (Å²) in [5.41, 5.74) is 1.96. The van der Waals surface area contributed by atoms with Gasteiger partial charge in [0.1, 0.15) is 28.5 Å². The Kier molecular flexibility index (Phi) is 3.62. The molecule has 0 aliphatic rings. The average Bonchev–Trinajstić information content (AvgIpc) is 2.90. The molecule has 6 heteroatoms. The predicted octanol–water partition coefficient (Wildman–Crippen LogP) is 3.76. The van der Waals surface area contributed by atoms with E-state index in [1.807, 2.05) is 18.2 Å². The average molecular weight is 301 g/mol. The lowest BCUT2D eigenvalue weighted by Crippen LogP contribution is -1.98. The standard InChI is InChI=1S/C15H15N3O2S/c1-9-7-21-15-13(9)14(16-8-17-15)18-11-6-10(19-2)4-5-12(11)20-3/h4-8H,1-3H3,(H,16,17,18). The van der Waals surface area contributed by atoms with Crippen molar-refractivity contribution < 1.29 is 9.47 Å². The van der Waals surface area contributed by atoms with Crippen LogP contribution < -0.4 is 14.8 Å². The number of fused-ring (bicyclic) bond motifs is 1. The van der Waals surface area contributed by atoms with Gasteiger partial charge in [0.25, 0.3) is 0 Å². The number of benzene rings is 1. The van der Waals surface area contributed by atoms with Crippen molar-refractivity contribution in [3.05, 3.63) is 35.5 Å². The maximum absolute atomic E-state index is 5.38. The normalized spacial score (nSPS) is 10.6. The van der Waals surface area contributed by atoms with Gasteiger partial charge in [0.05, 0.1) is 25.3 Å². The summed E-state index contributed by atoms with van der Waals surface area (Å²) in [5.74, 6) is 2.26. The van der Waals surface area contributed by atoms with Gasteiger partial charge in [-0.15, -0.1) is 11.3 Å². The number of anilines is 2. The minimum atomic E-state index is 0.732. The first-order chi connectivity index (χ1) is 10.2. The molecule has 0 fully saturated rings. The molecule has 1 N–H and O–H groups in total. The smallest absolute Gasteiger partial charge is 0.142 e. The molecule has 3 rings (SSSR count). The zero-order chi connectivity index (χ0) is 14.8. The first kappa shape index (κ1) is 13.6. The van der Waals surface area contributed by atoms with Crippen LogP contribution in [0.4, 0.5) is 11.5 Å². The molecule has 0 unspecified atom stereocenters. The van der Waals surface area contributed by atoms with Crippen LogP contribution in [0, 0.1) is 6.92 Å². The Hall–Kier alpha value is -2.34. The Morgan fingerprint density at radius 1 is 1.14 bits per heavy atom. The van der Waals surface area contributed by atoms with Gasteiger partial charge in [-0.05, 0) is 30.0 Å².